The molecule has 0 spiro atoms. The van der Waals surface area contributed by atoms with Gasteiger partial charge in [0.25, 0.3) is 5.91 Å². The fourth-order valence-corrected chi connectivity index (χ4v) is 2.09. The van der Waals surface area contributed by atoms with Crippen molar-refractivity contribution < 1.29 is 13.9 Å². The number of likely N-dealkylation sites (tertiary alicyclic amines) is 1. The van der Waals surface area contributed by atoms with Crippen molar-refractivity contribution in [2.75, 3.05) is 26.8 Å². The summed E-state index contributed by atoms with van der Waals surface area (Å²) in [6, 6.07) is 3.45. The van der Waals surface area contributed by atoms with E-state index in [1.54, 1.807) is 19.2 Å². The third kappa shape index (κ3) is 2.44. The number of rotatable bonds is 3. The minimum absolute atomic E-state index is 0.000803. The van der Waals surface area contributed by atoms with Gasteiger partial charge < -0.3 is 14.1 Å². The van der Waals surface area contributed by atoms with Crippen LogP contribution in [0.3, 0.4) is 0 Å². The summed E-state index contributed by atoms with van der Waals surface area (Å²) in [7, 11) is 1.72. The first-order chi connectivity index (χ1) is 7.81. The standard InChI is InChI=1S/C12H17NO3/c1-15-9-10-4-6-13(7-5-10)12(14)11-3-2-8-16-11/h2-3,8,10H,4-7,9H2,1H3. The van der Waals surface area contributed by atoms with E-state index in [0.29, 0.717) is 11.7 Å². The molecule has 1 amide bonds. The van der Waals surface area contributed by atoms with Crippen LogP contribution in [-0.4, -0.2) is 37.6 Å². The van der Waals surface area contributed by atoms with E-state index >= 15 is 0 Å². The molecule has 4 heteroatoms. The van der Waals surface area contributed by atoms with E-state index < -0.39 is 0 Å². The molecule has 1 aliphatic rings. The van der Waals surface area contributed by atoms with Crippen molar-refractivity contribution >= 4 is 5.91 Å². The predicted molar refractivity (Wildman–Crippen MR) is 59.2 cm³/mol. The number of ether oxygens (including phenoxy) is 1. The number of carbonyl (C=O) groups is 1. The Hall–Kier alpha value is -1.29. The molecule has 88 valence electrons. The monoisotopic (exact) mass is 223 g/mol. The van der Waals surface area contributed by atoms with E-state index in [4.69, 9.17) is 9.15 Å². The minimum atomic E-state index is 0.000803. The molecule has 4 nitrogen and oxygen atoms in total. The van der Waals surface area contributed by atoms with Crippen LogP contribution in [0.1, 0.15) is 23.4 Å². The minimum Gasteiger partial charge on any atom is -0.459 e. The van der Waals surface area contributed by atoms with Crippen LogP contribution in [0, 0.1) is 5.92 Å². The first-order valence-corrected chi connectivity index (χ1v) is 5.63. The highest BCUT2D eigenvalue weighted by atomic mass is 16.5. The summed E-state index contributed by atoms with van der Waals surface area (Å²) in [5.74, 6) is 1.02. The summed E-state index contributed by atoms with van der Waals surface area (Å²) in [4.78, 5) is 13.8. The maximum Gasteiger partial charge on any atom is 0.289 e. The number of nitrogens with zero attached hydrogens (tertiary/aromatic N) is 1. The summed E-state index contributed by atoms with van der Waals surface area (Å²) in [5, 5.41) is 0. The average Bonchev–Trinajstić information content (AvgIpc) is 2.83. The molecule has 16 heavy (non-hydrogen) atoms. The van der Waals surface area contributed by atoms with Gasteiger partial charge in [0, 0.05) is 26.8 Å². The molecule has 0 aromatic carbocycles. The molecule has 1 aliphatic heterocycles. The maximum absolute atomic E-state index is 11.9. The summed E-state index contributed by atoms with van der Waals surface area (Å²) >= 11 is 0. The molecular formula is C12H17NO3. The largest absolute Gasteiger partial charge is 0.459 e. The van der Waals surface area contributed by atoms with E-state index in [-0.39, 0.29) is 5.91 Å². The molecule has 1 aromatic heterocycles. The first kappa shape index (κ1) is 11.2. The highest BCUT2D eigenvalue weighted by Crippen LogP contribution is 2.19. The smallest absolute Gasteiger partial charge is 0.289 e. The van der Waals surface area contributed by atoms with Crippen LogP contribution < -0.4 is 0 Å². The van der Waals surface area contributed by atoms with E-state index in [1.165, 1.54) is 6.26 Å². The van der Waals surface area contributed by atoms with Crippen LogP contribution in [0.25, 0.3) is 0 Å². The third-order valence-corrected chi connectivity index (χ3v) is 3.04. The summed E-state index contributed by atoms with van der Waals surface area (Å²) in [6.07, 6.45) is 3.56. The van der Waals surface area contributed by atoms with Gasteiger partial charge in [-0.05, 0) is 30.9 Å². The zero-order valence-corrected chi connectivity index (χ0v) is 9.52. The Morgan fingerprint density at radius 3 is 2.88 bits per heavy atom. The molecule has 0 aliphatic carbocycles. The lowest BCUT2D eigenvalue weighted by atomic mass is 9.98. The number of carbonyl (C=O) groups excluding carboxylic acids is 1. The number of hydrogen-bond acceptors (Lipinski definition) is 3. The van der Waals surface area contributed by atoms with Gasteiger partial charge >= 0.3 is 0 Å². The van der Waals surface area contributed by atoms with E-state index in [9.17, 15) is 4.79 Å². The Kier molecular flexibility index (Phi) is 3.62. The second kappa shape index (κ2) is 5.16. The molecule has 0 saturated carbocycles. The van der Waals surface area contributed by atoms with Crippen LogP contribution in [0.2, 0.25) is 0 Å². The number of methoxy groups -OCH3 is 1. The molecule has 1 saturated heterocycles. The topological polar surface area (TPSA) is 42.7 Å². The molecular weight excluding hydrogens is 206 g/mol. The van der Waals surface area contributed by atoms with Gasteiger partial charge in [-0.15, -0.1) is 0 Å². The van der Waals surface area contributed by atoms with Gasteiger partial charge in [-0.3, -0.25) is 4.79 Å². The highest BCUT2D eigenvalue weighted by Gasteiger charge is 2.24. The normalized spacial score (nSPS) is 17.7. The number of furan rings is 1. The van der Waals surface area contributed by atoms with Crippen molar-refractivity contribution in [2.45, 2.75) is 12.8 Å². The van der Waals surface area contributed by atoms with Crippen molar-refractivity contribution in [1.82, 2.24) is 4.90 Å². The Labute approximate surface area is 95.2 Å². The fourth-order valence-electron chi connectivity index (χ4n) is 2.09. The first-order valence-electron chi connectivity index (χ1n) is 5.63. The lowest BCUT2D eigenvalue weighted by molar-refractivity contribution is 0.0585. The van der Waals surface area contributed by atoms with Crippen molar-refractivity contribution in [3.8, 4) is 0 Å². The van der Waals surface area contributed by atoms with Gasteiger partial charge in [-0.2, -0.15) is 0 Å². The molecule has 0 N–H and O–H groups in total. The number of hydrogen-bond donors (Lipinski definition) is 0. The van der Waals surface area contributed by atoms with Gasteiger partial charge in [0.15, 0.2) is 5.76 Å². The quantitative estimate of drug-likeness (QED) is 0.784. The van der Waals surface area contributed by atoms with Gasteiger partial charge in [0.2, 0.25) is 0 Å². The van der Waals surface area contributed by atoms with Crippen LogP contribution in [0.5, 0.6) is 0 Å². The van der Waals surface area contributed by atoms with Crippen molar-refractivity contribution in [3.05, 3.63) is 24.2 Å². The predicted octanol–water partition coefficient (Wildman–Crippen LogP) is 1.78. The van der Waals surface area contributed by atoms with E-state index in [0.717, 1.165) is 32.5 Å². The molecule has 1 fully saturated rings. The zero-order chi connectivity index (χ0) is 11.4. The molecule has 0 bridgehead atoms. The maximum atomic E-state index is 11.9. The van der Waals surface area contributed by atoms with Crippen molar-refractivity contribution in [2.24, 2.45) is 5.92 Å². The van der Waals surface area contributed by atoms with Gasteiger partial charge in [0.1, 0.15) is 0 Å². The Morgan fingerprint density at radius 2 is 2.31 bits per heavy atom. The Morgan fingerprint density at radius 1 is 1.56 bits per heavy atom. The lowest BCUT2D eigenvalue weighted by Crippen LogP contribution is -2.39. The highest BCUT2D eigenvalue weighted by molar-refractivity contribution is 5.91. The molecule has 2 heterocycles. The second-order valence-electron chi connectivity index (χ2n) is 4.17. The lowest BCUT2D eigenvalue weighted by Gasteiger charge is -2.31. The SMILES string of the molecule is COCC1CCN(C(=O)c2ccco2)CC1. The number of piperidine rings is 1. The fraction of sp³-hybridized carbons (Fsp3) is 0.583. The Balaban J connectivity index is 1.87. The molecule has 0 unspecified atom stereocenters. The van der Waals surface area contributed by atoms with E-state index in [2.05, 4.69) is 0 Å². The summed E-state index contributed by atoms with van der Waals surface area (Å²) in [6.45, 7) is 2.39. The van der Waals surface area contributed by atoms with Crippen molar-refractivity contribution in [1.29, 1.82) is 0 Å². The molecule has 1 aromatic rings. The van der Waals surface area contributed by atoms with E-state index in [1.807, 2.05) is 4.90 Å². The van der Waals surface area contributed by atoms with Crippen LogP contribution in [0.15, 0.2) is 22.8 Å². The Bertz CT molecular complexity index is 326. The second-order valence-corrected chi connectivity index (χ2v) is 4.17. The van der Waals surface area contributed by atoms with Gasteiger partial charge in [-0.25, -0.2) is 0 Å². The average molecular weight is 223 g/mol. The third-order valence-electron chi connectivity index (χ3n) is 3.04. The number of amides is 1. The summed E-state index contributed by atoms with van der Waals surface area (Å²) < 4.78 is 10.2. The van der Waals surface area contributed by atoms with Crippen LogP contribution >= 0.6 is 0 Å². The summed E-state index contributed by atoms with van der Waals surface area (Å²) in [5.41, 5.74) is 0. The van der Waals surface area contributed by atoms with Gasteiger partial charge in [0.05, 0.1) is 6.26 Å². The molecule has 0 radical (unpaired) electrons. The zero-order valence-electron chi connectivity index (χ0n) is 9.52. The van der Waals surface area contributed by atoms with Gasteiger partial charge in [-0.1, -0.05) is 0 Å². The van der Waals surface area contributed by atoms with Crippen LogP contribution in [0.4, 0.5) is 0 Å². The molecule has 2 rings (SSSR count). The molecule has 0 atom stereocenters. The van der Waals surface area contributed by atoms with Crippen molar-refractivity contribution in [3.63, 3.8) is 0 Å². The van der Waals surface area contributed by atoms with Crippen LogP contribution in [-0.2, 0) is 4.74 Å².